The Labute approximate surface area is 250 Å². The van der Waals surface area contributed by atoms with E-state index in [1.54, 1.807) is 0 Å². The monoisotopic (exact) mass is 598 g/mol. The summed E-state index contributed by atoms with van der Waals surface area (Å²) in [5, 5.41) is 11.1. The lowest BCUT2D eigenvalue weighted by Gasteiger charge is -2.32. The van der Waals surface area contributed by atoms with Gasteiger partial charge in [-0.2, -0.15) is 0 Å². The lowest BCUT2D eigenvalue weighted by molar-refractivity contribution is -0.135. The van der Waals surface area contributed by atoms with Gasteiger partial charge in [-0.3, -0.25) is 9.69 Å². The van der Waals surface area contributed by atoms with Gasteiger partial charge in [0, 0.05) is 56.4 Å². The average molecular weight is 599 g/mol. The van der Waals surface area contributed by atoms with Crippen molar-refractivity contribution in [3.63, 3.8) is 0 Å². The minimum atomic E-state index is -0.885. The van der Waals surface area contributed by atoms with E-state index in [-0.39, 0.29) is 12.5 Å². The summed E-state index contributed by atoms with van der Waals surface area (Å²) in [5.41, 5.74) is 5.06. The number of carboxylic acid groups (broad SMARTS) is 1. The zero-order chi connectivity index (χ0) is 28.5. The van der Waals surface area contributed by atoms with Gasteiger partial charge in [-0.15, -0.1) is 11.3 Å². The lowest BCUT2D eigenvalue weighted by Crippen LogP contribution is -2.44. The van der Waals surface area contributed by atoms with Gasteiger partial charge in [-0.25, -0.2) is 4.79 Å². The van der Waals surface area contributed by atoms with Crippen LogP contribution in [0.3, 0.4) is 0 Å². The number of carbonyl (C=O) groups excluding carboxylic acids is 1. The van der Waals surface area contributed by atoms with Crippen LogP contribution in [0.15, 0.2) is 24.3 Å². The molecule has 3 aromatic rings. The number of fused-ring (bicyclic) bond motifs is 1. The number of ether oxygens (including phenoxy) is 1. The highest BCUT2D eigenvalue weighted by atomic mass is 35.5. The molecule has 1 aliphatic carbocycles. The topological polar surface area (TPSA) is 78.2 Å². The van der Waals surface area contributed by atoms with Crippen molar-refractivity contribution in [2.75, 3.05) is 59.5 Å². The number of amides is 1. The van der Waals surface area contributed by atoms with E-state index in [2.05, 4.69) is 21.4 Å². The van der Waals surface area contributed by atoms with Gasteiger partial charge in [-0.1, -0.05) is 43.0 Å². The maximum atomic E-state index is 13.8. The smallest absolute Gasteiger partial charge is 0.346 e. The van der Waals surface area contributed by atoms with E-state index >= 15 is 0 Å². The minimum absolute atomic E-state index is 0.0456. The Morgan fingerprint density at radius 2 is 1.68 bits per heavy atom. The molecule has 2 aromatic heterocycles. The Hall–Kier alpha value is -2.43. The molecule has 0 spiro atoms. The van der Waals surface area contributed by atoms with Crippen LogP contribution in [0.2, 0.25) is 5.02 Å². The SMILES string of the molecule is CN1CCN(Cc2c(C(=O)O)sc3c(C4CCCCC4)c(-c4ccc(Cl)cc4)n(CC(=O)N4CCOCC4)c23)CC1. The van der Waals surface area contributed by atoms with Crippen molar-refractivity contribution < 1.29 is 19.4 Å². The zero-order valence-corrected chi connectivity index (χ0v) is 25.3. The van der Waals surface area contributed by atoms with Crippen LogP contribution in [0.5, 0.6) is 0 Å². The summed E-state index contributed by atoms with van der Waals surface area (Å²) < 4.78 is 8.71. The number of hydrogen-bond donors (Lipinski definition) is 1. The maximum absolute atomic E-state index is 13.8. The number of morpholine rings is 1. The van der Waals surface area contributed by atoms with Gasteiger partial charge in [0.1, 0.15) is 11.4 Å². The first-order valence-corrected chi connectivity index (χ1v) is 16.0. The van der Waals surface area contributed by atoms with Gasteiger partial charge in [0.05, 0.1) is 29.1 Å². The third kappa shape index (κ3) is 5.92. The fraction of sp³-hybridized carbons (Fsp3) is 0.548. The fourth-order valence-electron chi connectivity index (χ4n) is 6.73. The number of benzene rings is 1. The van der Waals surface area contributed by atoms with Crippen molar-refractivity contribution in [3.8, 4) is 11.3 Å². The minimum Gasteiger partial charge on any atom is -0.477 e. The van der Waals surface area contributed by atoms with Crippen LogP contribution >= 0.6 is 22.9 Å². The molecule has 1 aromatic carbocycles. The van der Waals surface area contributed by atoms with Crippen molar-refractivity contribution in [3.05, 3.63) is 45.3 Å². The van der Waals surface area contributed by atoms with Crippen molar-refractivity contribution in [2.45, 2.75) is 51.1 Å². The third-order valence-electron chi connectivity index (χ3n) is 8.98. The molecule has 41 heavy (non-hydrogen) atoms. The summed E-state index contributed by atoms with van der Waals surface area (Å²) in [5.74, 6) is -0.512. The fourth-order valence-corrected chi connectivity index (χ4v) is 8.14. The van der Waals surface area contributed by atoms with Gasteiger partial charge in [-0.05, 0) is 49.1 Å². The summed E-state index contributed by atoms with van der Waals surface area (Å²) in [6.07, 6.45) is 5.70. The van der Waals surface area contributed by atoms with Crippen LogP contribution in [0, 0.1) is 0 Å². The Morgan fingerprint density at radius 1 is 1.00 bits per heavy atom. The van der Waals surface area contributed by atoms with E-state index in [1.807, 2.05) is 29.2 Å². The summed E-state index contributed by atoms with van der Waals surface area (Å²) in [6.45, 7) is 6.66. The van der Waals surface area contributed by atoms with E-state index in [9.17, 15) is 14.7 Å². The molecule has 0 atom stereocenters. The van der Waals surface area contributed by atoms with Crippen molar-refractivity contribution in [2.24, 2.45) is 0 Å². The first-order valence-electron chi connectivity index (χ1n) is 14.8. The molecule has 0 bridgehead atoms. The number of aromatic nitrogens is 1. The number of rotatable bonds is 7. The average Bonchev–Trinajstić information content (AvgIpc) is 3.51. The molecule has 0 unspecified atom stereocenters. The van der Waals surface area contributed by atoms with Gasteiger partial charge >= 0.3 is 5.97 Å². The Bertz CT molecular complexity index is 1400. The molecule has 4 heterocycles. The van der Waals surface area contributed by atoms with Gasteiger partial charge < -0.3 is 24.2 Å². The van der Waals surface area contributed by atoms with E-state index in [0.717, 1.165) is 78.9 Å². The van der Waals surface area contributed by atoms with Crippen LogP contribution in [0.4, 0.5) is 0 Å². The predicted molar refractivity (Wildman–Crippen MR) is 163 cm³/mol. The van der Waals surface area contributed by atoms with Crippen LogP contribution in [-0.2, 0) is 22.6 Å². The van der Waals surface area contributed by atoms with Crippen molar-refractivity contribution in [1.29, 1.82) is 0 Å². The van der Waals surface area contributed by atoms with Gasteiger partial charge in [0.2, 0.25) is 5.91 Å². The second kappa shape index (κ2) is 12.4. The van der Waals surface area contributed by atoms with Crippen LogP contribution in [0.1, 0.15) is 58.8 Å². The van der Waals surface area contributed by atoms with E-state index in [4.69, 9.17) is 16.3 Å². The lowest BCUT2D eigenvalue weighted by atomic mass is 9.83. The van der Waals surface area contributed by atoms with Crippen molar-refractivity contribution in [1.82, 2.24) is 19.3 Å². The first-order chi connectivity index (χ1) is 19.9. The van der Waals surface area contributed by atoms with Crippen LogP contribution < -0.4 is 0 Å². The van der Waals surface area contributed by atoms with E-state index < -0.39 is 5.97 Å². The molecular weight excluding hydrogens is 560 g/mol. The molecule has 2 aliphatic heterocycles. The number of aromatic carboxylic acids is 1. The number of carboxylic acids is 1. The Balaban J connectivity index is 1.56. The maximum Gasteiger partial charge on any atom is 0.346 e. The summed E-state index contributed by atoms with van der Waals surface area (Å²) >= 11 is 7.73. The normalized spacial score (nSPS) is 19.7. The molecule has 2 saturated heterocycles. The van der Waals surface area contributed by atoms with E-state index in [1.165, 1.54) is 23.3 Å². The Morgan fingerprint density at radius 3 is 2.34 bits per heavy atom. The summed E-state index contributed by atoms with van der Waals surface area (Å²) in [6, 6.07) is 7.90. The highest BCUT2D eigenvalue weighted by Gasteiger charge is 2.34. The van der Waals surface area contributed by atoms with Crippen molar-refractivity contribution >= 4 is 45.0 Å². The number of nitrogens with zero attached hydrogens (tertiary/aromatic N) is 4. The third-order valence-corrected chi connectivity index (χ3v) is 10.5. The van der Waals surface area contributed by atoms with Gasteiger partial charge in [0.25, 0.3) is 0 Å². The molecular formula is C31H39ClN4O4S. The molecule has 3 fully saturated rings. The molecule has 6 rings (SSSR count). The molecule has 10 heteroatoms. The second-order valence-corrected chi connectivity index (χ2v) is 13.1. The summed E-state index contributed by atoms with van der Waals surface area (Å²) in [7, 11) is 2.13. The molecule has 220 valence electrons. The zero-order valence-electron chi connectivity index (χ0n) is 23.7. The first kappa shape index (κ1) is 28.7. The second-order valence-electron chi connectivity index (χ2n) is 11.7. The largest absolute Gasteiger partial charge is 0.477 e. The number of halogens is 1. The molecule has 8 nitrogen and oxygen atoms in total. The highest BCUT2D eigenvalue weighted by molar-refractivity contribution is 7.21. The van der Waals surface area contributed by atoms with Crippen LogP contribution in [0.25, 0.3) is 21.5 Å². The Kier molecular flexibility index (Phi) is 8.70. The highest BCUT2D eigenvalue weighted by Crippen LogP contribution is 2.48. The number of piperazine rings is 1. The standard InChI is InChI=1S/C31H39ClN4O4S/c1-33-11-13-34(14-12-33)19-24-28-30(41-29(24)31(38)39)26(21-5-3-2-4-6-21)27(22-7-9-23(32)10-8-22)36(28)20-25(37)35-15-17-40-18-16-35/h7-10,21H,2-6,11-20H2,1H3,(H,38,39). The molecule has 1 N–H and O–H groups in total. The van der Waals surface area contributed by atoms with E-state index in [0.29, 0.717) is 48.7 Å². The molecule has 1 saturated carbocycles. The number of carbonyl (C=O) groups is 2. The quantitative estimate of drug-likeness (QED) is 0.394. The number of thiophene rings is 1. The van der Waals surface area contributed by atoms with Gasteiger partial charge in [0.15, 0.2) is 0 Å². The van der Waals surface area contributed by atoms with Crippen LogP contribution in [-0.4, -0.2) is 95.8 Å². The molecule has 3 aliphatic rings. The molecule has 0 radical (unpaired) electrons. The summed E-state index contributed by atoms with van der Waals surface area (Å²) in [4.78, 5) is 33.5. The molecule has 1 amide bonds. The number of likely N-dealkylation sites (N-methyl/N-ethyl adjacent to an activating group) is 1. The number of hydrogen-bond acceptors (Lipinski definition) is 6. The predicted octanol–water partition coefficient (Wildman–Crippen LogP) is 5.38.